The number of hydrogen-bond acceptors (Lipinski definition) is 2. The van der Waals surface area contributed by atoms with Crippen molar-refractivity contribution in [3.05, 3.63) is 65.2 Å². The van der Waals surface area contributed by atoms with E-state index < -0.39 is 17.5 Å². The number of nitrogens with one attached hydrogen (secondary N) is 1. The van der Waals surface area contributed by atoms with Gasteiger partial charge in [0.2, 0.25) is 0 Å². The van der Waals surface area contributed by atoms with Crippen LogP contribution in [0, 0.1) is 11.6 Å². The number of hydrogen-bond donors (Lipinski definition) is 2. The van der Waals surface area contributed by atoms with Crippen molar-refractivity contribution in [1.82, 2.24) is 5.32 Å². The van der Waals surface area contributed by atoms with Crippen LogP contribution < -0.4 is 5.32 Å². The number of amides is 1. The highest BCUT2D eigenvalue weighted by Gasteiger charge is 2.12. The quantitative estimate of drug-likeness (QED) is 0.894. The molecular formula is C14H11F2NO2. The number of phenols is 1. The number of rotatable bonds is 3. The van der Waals surface area contributed by atoms with Gasteiger partial charge in [-0.15, -0.1) is 0 Å². The third-order valence-electron chi connectivity index (χ3n) is 2.54. The molecule has 2 rings (SSSR count). The lowest BCUT2D eigenvalue weighted by atomic mass is 10.1. The molecule has 0 bridgehead atoms. The van der Waals surface area contributed by atoms with Crippen LogP contribution in [-0.4, -0.2) is 11.0 Å². The van der Waals surface area contributed by atoms with Gasteiger partial charge in [-0.05, 0) is 35.9 Å². The maximum Gasteiger partial charge on any atom is 0.254 e. The molecule has 0 saturated carbocycles. The van der Waals surface area contributed by atoms with Crippen LogP contribution in [0.3, 0.4) is 0 Å². The molecule has 2 aromatic rings. The zero-order chi connectivity index (χ0) is 13.8. The van der Waals surface area contributed by atoms with Crippen LogP contribution in [-0.2, 0) is 6.54 Å². The van der Waals surface area contributed by atoms with Gasteiger partial charge in [0.1, 0.15) is 17.4 Å². The Morgan fingerprint density at radius 1 is 1.16 bits per heavy atom. The second kappa shape index (κ2) is 5.48. The molecule has 0 aliphatic heterocycles. The van der Waals surface area contributed by atoms with E-state index >= 15 is 0 Å². The summed E-state index contributed by atoms with van der Waals surface area (Å²) in [5.41, 5.74) is 0.310. The van der Waals surface area contributed by atoms with E-state index in [0.29, 0.717) is 5.56 Å². The van der Waals surface area contributed by atoms with Gasteiger partial charge in [-0.2, -0.15) is 0 Å². The Balaban J connectivity index is 2.07. The predicted molar refractivity (Wildman–Crippen MR) is 65.6 cm³/mol. The average Bonchev–Trinajstić information content (AvgIpc) is 2.39. The van der Waals surface area contributed by atoms with Gasteiger partial charge in [0.15, 0.2) is 0 Å². The van der Waals surface area contributed by atoms with E-state index in [0.717, 1.165) is 18.2 Å². The predicted octanol–water partition coefficient (Wildman–Crippen LogP) is 2.60. The van der Waals surface area contributed by atoms with Crippen LogP contribution in [0.15, 0.2) is 42.5 Å². The summed E-state index contributed by atoms with van der Waals surface area (Å²) in [7, 11) is 0. The fraction of sp³-hybridized carbons (Fsp3) is 0.0714. The second-order valence-electron chi connectivity index (χ2n) is 3.98. The molecule has 98 valence electrons. The van der Waals surface area contributed by atoms with Crippen LogP contribution in [0.2, 0.25) is 0 Å². The monoisotopic (exact) mass is 263 g/mol. The second-order valence-corrected chi connectivity index (χ2v) is 3.98. The van der Waals surface area contributed by atoms with Crippen molar-refractivity contribution in [3.63, 3.8) is 0 Å². The first kappa shape index (κ1) is 13.0. The van der Waals surface area contributed by atoms with Gasteiger partial charge >= 0.3 is 0 Å². The van der Waals surface area contributed by atoms with Gasteiger partial charge in [0.05, 0.1) is 5.56 Å². The SMILES string of the molecule is O=C(NCc1cccc(O)c1)c1cc(F)ccc1F. The third kappa shape index (κ3) is 3.28. The molecule has 0 saturated heterocycles. The summed E-state index contributed by atoms with van der Waals surface area (Å²) in [6.07, 6.45) is 0. The minimum atomic E-state index is -0.783. The summed E-state index contributed by atoms with van der Waals surface area (Å²) in [5.74, 6) is -2.09. The molecule has 2 aromatic carbocycles. The standard InChI is InChI=1S/C14H11F2NO2/c15-10-4-5-13(16)12(7-10)14(19)17-8-9-2-1-3-11(18)6-9/h1-7,18H,8H2,(H,17,19). The fourth-order valence-electron chi connectivity index (χ4n) is 1.62. The molecule has 0 aliphatic rings. The highest BCUT2D eigenvalue weighted by Crippen LogP contribution is 2.12. The Morgan fingerprint density at radius 2 is 1.95 bits per heavy atom. The van der Waals surface area contributed by atoms with E-state index in [1.807, 2.05) is 0 Å². The van der Waals surface area contributed by atoms with Gasteiger partial charge in [-0.3, -0.25) is 4.79 Å². The van der Waals surface area contributed by atoms with Gasteiger partial charge in [-0.25, -0.2) is 8.78 Å². The minimum absolute atomic E-state index is 0.0729. The first-order valence-electron chi connectivity index (χ1n) is 5.57. The Morgan fingerprint density at radius 3 is 2.68 bits per heavy atom. The summed E-state index contributed by atoms with van der Waals surface area (Å²) in [5, 5.41) is 11.7. The molecule has 19 heavy (non-hydrogen) atoms. The van der Waals surface area contributed by atoms with Crippen LogP contribution in [0.25, 0.3) is 0 Å². The summed E-state index contributed by atoms with van der Waals surface area (Å²) in [4.78, 5) is 11.7. The van der Waals surface area contributed by atoms with E-state index in [1.165, 1.54) is 12.1 Å². The van der Waals surface area contributed by atoms with Crippen molar-refractivity contribution in [3.8, 4) is 5.75 Å². The lowest BCUT2D eigenvalue weighted by Crippen LogP contribution is -2.24. The van der Waals surface area contributed by atoms with Crippen molar-refractivity contribution in [2.24, 2.45) is 0 Å². The van der Waals surface area contributed by atoms with E-state index in [9.17, 15) is 18.7 Å². The molecule has 0 heterocycles. The number of carbonyl (C=O) groups is 1. The summed E-state index contributed by atoms with van der Waals surface area (Å²) < 4.78 is 26.3. The largest absolute Gasteiger partial charge is 0.508 e. The molecule has 2 N–H and O–H groups in total. The van der Waals surface area contributed by atoms with Gasteiger partial charge in [0, 0.05) is 6.54 Å². The summed E-state index contributed by atoms with van der Waals surface area (Å²) in [6, 6.07) is 8.98. The van der Waals surface area contributed by atoms with Gasteiger partial charge in [0.25, 0.3) is 5.91 Å². The molecule has 0 fully saturated rings. The molecule has 3 nitrogen and oxygen atoms in total. The zero-order valence-electron chi connectivity index (χ0n) is 9.86. The molecule has 5 heteroatoms. The Bertz CT molecular complexity index is 614. The average molecular weight is 263 g/mol. The topological polar surface area (TPSA) is 49.3 Å². The van der Waals surface area contributed by atoms with E-state index in [2.05, 4.69) is 5.32 Å². The number of benzene rings is 2. The van der Waals surface area contributed by atoms with Gasteiger partial charge in [-0.1, -0.05) is 12.1 Å². The van der Waals surface area contributed by atoms with Crippen LogP contribution in [0.4, 0.5) is 8.78 Å². The molecule has 0 unspecified atom stereocenters. The first-order chi connectivity index (χ1) is 9.06. The van der Waals surface area contributed by atoms with Crippen molar-refractivity contribution in [1.29, 1.82) is 0 Å². The lowest BCUT2D eigenvalue weighted by molar-refractivity contribution is 0.0946. The molecule has 0 aliphatic carbocycles. The minimum Gasteiger partial charge on any atom is -0.508 e. The number of halogens is 2. The van der Waals surface area contributed by atoms with E-state index in [4.69, 9.17) is 0 Å². The molecule has 0 atom stereocenters. The molecule has 1 amide bonds. The van der Waals surface area contributed by atoms with E-state index in [1.54, 1.807) is 12.1 Å². The van der Waals surface area contributed by atoms with Gasteiger partial charge < -0.3 is 10.4 Å². The fourth-order valence-corrected chi connectivity index (χ4v) is 1.62. The van der Waals surface area contributed by atoms with Crippen LogP contribution in [0.1, 0.15) is 15.9 Å². The number of carbonyl (C=O) groups excluding carboxylic acids is 1. The highest BCUT2D eigenvalue weighted by molar-refractivity contribution is 5.94. The normalized spacial score (nSPS) is 10.2. The molecular weight excluding hydrogens is 252 g/mol. The molecule has 0 spiro atoms. The smallest absolute Gasteiger partial charge is 0.254 e. The summed E-state index contributed by atoms with van der Waals surface area (Å²) >= 11 is 0. The maximum absolute atomic E-state index is 13.3. The number of phenolic OH excluding ortho intramolecular Hbond substituents is 1. The van der Waals surface area contributed by atoms with Crippen LogP contribution in [0.5, 0.6) is 5.75 Å². The van der Waals surface area contributed by atoms with Crippen molar-refractivity contribution < 1.29 is 18.7 Å². The highest BCUT2D eigenvalue weighted by atomic mass is 19.1. The zero-order valence-corrected chi connectivity index (χ0v) is 9.86. The lowest BCUT2D eigenvalue weighted by Gasteiger charge is -2.06. The molecule has 0 aromatic heterocycles. The van der Waals surface area contributed by atoms with Crippen molar-refractivity contribution in [2.75, 3.05) is 0 Å². The third-order valence-corrected chi connectivity index (χ3v) is 2.54. The maximum atomic E-state index is 13.3. The molecule has 0 radical (unpaired) electrons. The Hall–Kier alpha value is -2.43. The van der Waals surface area contributed by atoms with Crippen molar-refractivity contribution >= 4 is 5.91 Å². The first-order valence-corrected chi connectivity index (χ1v) is 5.57. The van der Waals surface area contributed by atoms with Crippen molar-refractivity contribution in [2.45, 2.75) is 6.54 Å². The Kier molecular flexibility index (Phi) is 3.75. The Labute approximate surface area is 108 Å². The summed E-state index contributed by atoms with van der Waals surface area (Å²) in [6.45, 7) is 0.114. The number of aromatic hydroxyl groups is 1. The van der Waals surface area contributed by atoms with Crippen LogP contribution >= 0.6 is 0 Å². The van der Waals surface area contributed by atoms with E-state index in [-0.39, 0.29) is 17.9 Å².